The Hall–Kier alpha value is -7.19. The fourth-order valence-corrected chi connectivity index (χ4v) is 8.40. The van der Waals surface area contributed by atoms with Crippen LogP contribution in [0.3, 0.4) is 0 Å². The first-order chi connectivity index (χ1) is 33.1. The molecule has 0 aliphatic carbocycles. The zero-order valence-electron chi connectivity index (χ0n) is 40.0. The summed E-state index contributed by atoms with van der Waals surface area (Å²) in [5.74, 6) is -4.16. The number of fused-ring (bicyclic) bond motifs is 3. The summed E-state index contributed by atoms with van der Waals surface area (Å²) in [6.07, 6.45) is -6.09. The summed E-state index contributed by atoms with van der Waals surface area (Å²) in [5, 5.41) is 9.48. The molecule has 3 N–H and O–H groups in total. The molecule has 6 rings (SSSR count). The zero-order valence-corrected chi connectivity index (χ0v) is 40.7. The summed E-state index contributed by atoms with van der Waals surface area (Å²) < 4.78 is 41.5. The first-order valence-electron chi connectivity index (χ1n) is 22.4. The number of carbonyl (C=O) groups excluding carboxylic acids is 8. The Morgan fingerprint density at radius 2 is 1.36 bits per heavy atom. The average molecular weight is 990 g/mol. The number of aromatic nitrogens is 1. The molecule has 4 amide bonds. The van der Waals surface area contributed by atoms with Crippen molar-refractivity contribution in [3.8, 4) is 5.75 Å². The van der Waals surface area contributed by atoms with E-state index in [1.165, 1.54) is 13.0 Å². The van der Waals surface area contributed by atoms with Crippen molar-refractivity contribution in [2.75, 3.05) is 39.9 Å². The smallest absolute Gasteiger partial charge is 0.412 e. The van der Waals surface area contributed by atoms with Crippen LogP contribution in [0.25, 0.3) is 10.8 Å². The van der Waals surface area contributed by atoms with Gasteiger partial charge in [0.2, 0.25) is 24.2 Å². The molecule has 21 heteroatoms. The van der Waals surface area contributed by atoms with Crippen molar-refractivity contribution in [3.05, 3.63) is 78.1 Å². The van der Waals surface area contributed by atoms with Gasteiger partial charge in [-0.05, 0) is 68.5 Å². The number of benzene rings is 3. The maximum Gasteiger partial charge on any atom is 0.412 e. The van der Waals surface area contributed by atoms with Crippen molar-refractivity contribution in [2.24, 2.45) is 7.05 Å². The van der Waals surface area contributed by atoms with Crippen molar-refractivity contribution in [3.63, 3.8) is 0 Å². The molecule has 3 heterocycles. The van der Waals surface area contributed by atoms with E-state index in [9.17, 15) is 38.4 Å². The highest BCUT2D eigenvalue weighted by atomic mass is 35.5. The number of hydrogen-bond acceptors (Lipinski definition) is 15. The number of hydrogen-bond donors (Lipinski definition) is 3. The van der Waals surface area contributed by atoms with Crippen LogP contribution in [0.1, 0.15) is 89.7 Å². The number of esters is 4. The molecule has 6 atom stereocenters. The van der Waals surface area contributed by atoms with Gasteiger partial charge in [0, 0.05) is 95.0 Å². The molecule has 3 aromatic carbocycles. The highest BCUT2D eigenvalue weighted by Gasteiger charge is 2.53. The monoisotopic (exact) mass is 989 g/mol. The summed E-state index contributed by atoms with van der Waals surface area (Å²) >= 11 is 6.53. The van der Waals surface area contributed by atoms with E-state index in [-0.39, 0.29) is 60.9 Å². The fourth-order valence-electron chi connectivity index (χ4n) is 8.15. The largest absolute Gasteiger partial charge is 0.463 e. The number of anilines is 4. The van der Waals surface area contributed by atoms with Crippen LogP contribution < -0.4 is 25.6 Å². The Morgan fingerprint density at radius 1 is 0.743 bits per heavy atom. The Morgan fingerprint density at radius 3 is 1.97 bits per heavy atom. The molecule has 4 aromatic rings. The third kappa shape index (κ3) is 13.3. The molecular formula is C49H56ClN5O15. The second-order valence-electron chi connectivity index (χ2n) is 17.7. The van der Waals surface area contributed by atoms with Crippen molar-refractivity contribution in [2.45, 2.75) is 110 Å². The third-order valence-corrected chi connectivity index (χ3v) is 11.3. The predicted molar refractivity (Wildman–Crippen MR) is 254 cm³/mol. The van der Waals surface area contributed by atoms with Gasteiger partial charge in [-0.3, -0.25) is 38.9 Å². The lowest BCUT2D eigenvalue weighted by atomic mass is 9.95. The van der Waals surface area contributed by atoms with Crippen molar-refractivity contribution < 1.29 is 71.5 Å². The van der Waals surface area contributed by atoms with E-state index in [2.05, 4.69) is 16.0 Å². The van der Waals surface area contributed by atoms with Crippen LogP contribution in [-0.2, 0) is 64.2 Å². The van der Waals surface area contributed by atoms with Crippen LogP contribution in [0, 0.1) is 0 Å². The van der Waals surface area contributed by atoms with Crippen LogP contribution >= 0.6 is 11.6 Å². The molecule has 70 heavy (non-hydrogen) atoms. The maximum atomic E-state index is 14.1. The van der Waals surface area contributed by atoms with Gasteiger partial charge in [-0.2, -0.15) is 0 Å². The van der Waals surface area contributed by atoms with E-state index in [0.29, 0.717) is 33.5 Å². The Balaban J connectivity index is 1.15. The molecule has 2 aliphatic heterocycles. The minimum absolute atomic E-state index is 0.0273. The van der Waals surface area contributed by atoms with Gasteiger partial charge in [0.1, 0.15) is 29.8 Å². The zero-order chi connectivity index (χ0) is 51.0. The number of halogens is 1. The number of nitrogens with one attached hydrogen (secondary N) is 3. The lowest BCUT2D eigenvalue weighted by molar-refractivity contribution is -0.288. The molecule has 1 aromatic heterocycles. The van der Waals surface area contributed by atoms with Crippen LogP contribution in [0.15, 0.2) is 66.9 Å². The highest BCUT2D eigenvalue weighted by Crippen LogP contribution is 2.47. The Kier molecular flexibility index (Phi) is 16.8. The third-order valence-electron chi connectivity index (χ3n) is 10.9. The molecule has 1 fully saturated rings. The molecule has 0 unspecified atom stereocenters. The van der Waals surface area contributed by atoms with Crippen LogP contribution in [0.4, 0.5) is 27.5 Å². The van der Waals surface area contributed by atoms with E-state index >= 15 is 0 Å². The predicted octanol–water partition coefficient (Wildman–Crippen LogP) is 6.72. The fraction of sp³-hybridized carbons (Fsp3) is 0.429. The Labute approximate surface area is 408 Å². The molecular weight excluding hydrogens is 934 g/mol. The molecule has 2 aliphatic rings. The number of alkyl halides is 1. The maximum absolute atomic E-state index is 14.1. The number of aryl methyl sites for hydroxylation is 1. The summed E-state index contributed by atoms with van der Waals surface area (Å²) in [5.41, 5.74) is 2.16. The molecule has 0 saturated carbocycles. The van der Waals surface area contributed by atoms with E-state index in [1.807, 2.05) is 12.1 Å². The lowest BCUT2D eigenvalue weighted by Crippen LogP contribution is -2.63. The number of ether oxygens (including phenoxy) is 7. The number of nitrogens with zero attached hydrogens (tertiary/aromatic N) is 2. The summed E-state index contributed by atoms with van der Waals surface area (Å²) in [4.78, 5) is 103. The molecule has 1 saturated heterocycles. The van der Waals surface area contributed by atoms with Crippen LogP contribution in [-0.4, -0.2) is 108 Å². The summed E-state index contributed by atoms with van der Waals surface area (Å²) in [6.45, 7) is 9.55. The van der Waals surface area contributed by atoms with Crippen molar-refractivity contribution in [1.82, 2.24) is 4.57 Å². The van der Waals surface area contributed by atoms with Gasteiger partial charge < -0.3 is 53.3 Å². The Bertz CT molecular complexity index is 2640. The van der Waals surface area contributed by atoms with Gasteiger partial charge >= 0.3 is 30.0 Å². The van der Waals surface area contributed by atoms with E-state index < -0.39 is 78.8 Å². The number of carbonyl (C=O) groups is 8. The SMILES string of the molecule is CC(=O)OC[C@H]1O[C@@H](Oc2cc3c(c4ccccc24)[C@H](CCl)CN3C(=O)CCCC(=O)Nc2cc(C(=O)Nc3ccc(NC(=O)OC(C)(C)C)cc3)n(C)c2)[C@H](OC(C)=O)[C@@H](OC(C)=O)[C@H]1OC(C)=O. The topological polar surface area (TPSA) is 245 Å². The van der Waals surface area contributed by atoms with E-state index in [1.54, 1.807) is 85.9 Å². The van der Waals surface area contributed by atoms with Crippen molar-refractivity contribution in [1.29, 1.82) is 0 Å². The second kappa shape index (κ2) is 22.5. The number of rotatable bonds is 16. The van der Waals surface area contributed by atoms with Crippen LogP contribution in [0.2, 0.25) is 0 Å². The van der Waals surface area contributed by atoms with Gasteiger partial charge in [0.25, 0.3) is 5.91 Å². The first kappa shape index (κ1) is 52.2. The van der Waals surface area contributed by atoms with Gasteiger partial charge in [0.05, 0.1) is 11.4 Å². The molecule has 20 nitrogen and oxygen atoms in total. The van der Waals surface area contributed by atoms with Gasteiger partial charge in [-0.15, -0.1) is 11.6 Å². The summed E-state index contributed by atoms with van der Waals surface area (Å²) in [7, 11) is 1.66. The lowest BCUT2D eigenvalue weighted by Gasteiger charge is -2.44. The minimum Gasteiger partial charge on any atom is -0.463 e. The van der Waals surface area contributed by atoms with Crippen molar-refractivity contribution >= 4 is 92.8 Å². The van der Waals surface area contributed by atoms with Gasteiger partial charge in [-0.25, -0.2) is 4.79 Å². The highest BCUT2D eigenvalue weighted by molar-refractivity contribution is 6.19. The number of amides is 4. The molecule has 0 radical (unpaired) electrons. The van der Waals surface area contributed by atoms with E-state index in [0.717, 1.165) is 26.3 Å². The summed E-state index contributed by atoms with van der Waals surface area (Å²) in [6, 6.07) is 16.8. The molecule has 374 valence electrons. The van der Waals surface area contributed by atoms with Crippen LogP contribution in [0.5, 0.6) is 5.75 Å². The van der Waals surface area contributed by atoms with Gasteiger partial charge in [0.15, 0.2) is 12.2 Å². The minimum atomic E-state index is -1.54. The van der Waals surface area contributed by atoms with E-state index in [4.69, 9.17) is 44.8 Å². The quantitative estimate of drug-likeness (QED) is 0.0599. The second-order valence-corrected chi connectivity index (χ2v) is 18.0. The first-order valence-corrected chi connectivity index (χ1v) is 22.9. The average Bonchev–Trinajstić information content (AvgIpc) is 3.84. The normalized spacial score (nSPS) is 19.5. The molecule has 0 spiro atoms. The standard InChI is InChI=1S/C49H56ClN5O15/c1-26(56)64-25-39-43(65-27(2)57)44(66-28(3)58)45(67-29(4)59)47(69-39)68-38-21-36-42(35-13-10-9-12-34(35)38)30(22-50)23-55(36)41(61)15-11-14-40(60)51-33-20-37(54(8)24-33)46(62)52-31-16-18-32(19-17-31)53-48(63)70-49(5,6)7/h9-10,12-13,16-21,24,30,39,43-45,47H,11,14-15,22-23,25H2,1-8H3,(H,51,60)(H,52,62)(H,53,63)/t30-,39-,43+,44+,45-,47-/m1/s1. The van der Waals surface area contributed by atoms with Gasteiger partial charge in [-0.1, -0.05) is 24.3 Å². The molecule has 0 bridgehead atoms.